The highest BCUT2D eigenvalue weighted by Gasteiger charge is 2.18. The summed E-state index contributed by atoms with van der Waals surface area (Å²) in [5.41, 5.74) is 0. The molecule has 100 valence electrons. The lowest BCUT2D eigenvalue weighted by molar-refractivity contribution is 0.0613. The van der Waals surface area contributed by atoms with E-state index in [0.29, 0.717) is 0 Å². The Morgan fingerprint density at radius 3 is 2.35 bits per heavy atom. The second kappa shape index (κ2) is 7.54. The largest absolute Gasteiger partial charge is 0.381 e. The number of carbonyl (C=O) groups excluding carboxylic acids is 1. The first kappa shape index (κ1) is 14.3. The van der Waals surface area contributed by atoms with Gasteiger partial charge in [0.05, 0.1) is 0 Å². The van der Waals surface area contributed by atoms with Gasteiger partial charge in [0.15, 0.2) is 0 Å². The second-order valence-electron chi connectivity index (χ2n) is 4.72. The third-order valence-corrected chi connectivity index (χ3v) is 3.57. The van der Waals surface area contributed by atoms with Gasteiger partial charge in [-0.2, -0.15) is 0 Å². The third-order valence-electron chi connectivity index (χ3n) is 3.57. The van der Waals surface area contributed by atoms with Crippen molar-refractivity contribution in [3.8, 4) is 0 Å². The summed E-state index contributed by atoms with van der Waals surface area (Å²) in [5.74, 6) is 0.732. The van der Waals surface area contributed by atoms with Gasteiger partial charge in [-0.3, -0.25) is 0 Å². The van der Waals surface area contributed by atoms with Gasteiger partial charge in [0.1, 0.15) is 0 Å². The van der Waals surface area contributed by atoms with Crippen molar-refractivity contribution in [2.24, 2.45) is 5.92 Å². The molecule has 4 heteroatoms. The topological polar surface area (TPSA) is 32.8 Å². The van der Waals surface area contributed by atoms with Crippen molar-refractivity contribution in [1.29, 1.82) is 0 Å². The van der Waals surface area contributed by atoms with Gasteiger partial charge < -0.3 is 14.5 Å². The highest BCUT2D eigenvalue weighted by atomic mass is 16.5. The Kier molecular flexibility index (Phi) is 6.34. The molecule has 1 fully saturated rings. The molecule has 1 rings (SSSR count). The van der Waals surface area contributed by atoms with E-state index in [2.05, 4.69) is 0 Å². The summed E-state index contributed by atoms with van der Waals surface area (Å²) in [5, 5.41) is 0. The third kappa shape index (κ3) is 4.54. The van der Waals surface area contributed by atoms with Crippen LogP contribution < -0.4 is 0 Å². The first-order valence-corrected chi connectivity index (χ1v) is 6.76. The maximum atomic E-state index is 12.0. The highest BCUT2D eigenvalue weighted by Crippen LogP contribution is 2.18. The molecule has 0 N–H and O–H groups in total. The molecule has 1 heterocycles. The average Bonchev–Trinajstić information content (AvgIpc) is 2.38. The first-order valence-electron chi connectivity index (χ1n) is 6.76. The van der Waals surface area contributed by atoms with E-state index in [1.807, 2.05) is 30.7 Å². The summed E-state index contributed by atoms with van der Waals surface area (Å²) in [7, 11) is 1.90. The summed E-state index contributed by atoms with van der Waals surface area (Å²) >= 11 is 0. The molecule has 0 aromatic carbocycles. The lowest BCUT2D eigenvalue weighted by atomic mass is 9.96. The number of urea groups is 1. The van der Waals surface area contributed by atoms with E-state index in [1.165, 1.54) is 0 Å². The van der Waals surface area contributed by atoms with E-state index in [9.17, 15) is 4.79 Å². The molecule has 4 nitrogen and oxygen atoms in total. The van der Waals surface area contributed by atoms with Crippen molar-refractivity contribution in [2.75, 3.05) is 39.9 Å². The number of amides is 2. The molecular weight excluding hydrogens is 216 g/mol. The number of hydrogen-bond acceptors (Lipinski definition) is 2. The van der Waals surface area contributed by atoms with Gasteiger partial charge in [-0.05, 0) is 39.0 Å². The summed E-state index contributed by atoms with van der Waals surface area (Å²) < 4.78 is 5.34. The molecular formula is C13H26N2O2. The fourth-order valence-corrected chi connectivity index (χ4v) is 2.24. The molecule has 17 heavy (non-hydrogen) atoms. The van der Waals surface area contributed by atoms with Gasteiger partial charge in [0, 0.05) is 39.9 Å². The van der Waals surface area contributed by atoms with E-state index < -0.39 is 0 Å². The van der Waals surface area contributed by atoms with Gasteiger partial charge >= 0.3 is 6.03 Å². The zero-order valence-corrected chi connectivity index (χ0v) is 11.4. The zero-order chi connectivity index (χ0) is 12.7. The average molecular weight is 242 g/mol. The van der Waals surface area contributed by atoms with Gasteiger partial charge in [-0.1, -0.05) is 0 Å². The predicted octanol–water partition coefficient (Wildman–Crippen LogP) is 2.20. The number of hydrogen-bond donors (Lipinski definition) is 0. The van der Waals surface area contributed by atoms with Gasteiger partial charge in [-0.15, -0.1) is 0 Å². The van der Waals surface area contributed by atoms with Crippen LogP contribution in [0.5, 0.6) is 0 Å². The van der Waals surface area contributed by atoms with Crippen LogP contribution in [0.15, 0.2) is 0 Å². The highest BCUT2D eigenvalue weighted by molar-refractivity contribution is 5.74. The predicted molar refractivity (Wildman–Crippen MR) is 69.1 cm³/mol. The smallest absolute Gasteiger partial charge is 0.319 e. The molecule has 0 unspecified atom stereocenters. The van der Waals surface area contributed by atoms with Crippen LogP contribution >= 0.6 is 0 Å². The molecule has 1 saturated heterocycles. The minimum Gasteiger partial charge on any atom is -0.381 e. The number of ether oxygens (including phenoxy) is 1. The van der Waals surface area contributed by atoms with Crippen LogP contribution in [0.25, 0.3) is 0 Å². The molecule has 1 aliphatic heterocycles. The fourth-order valence-electron chi connectivity index (χ4n) is 2.24. The summed E-state index contributed by atoms with van der Waals surface area (Å²) in [4.78, 5) is 15.7. The Hall–Kier alpha value is -0.770. The molecule has 0 atom stereocenters. The van der Waals surface area contributed by atoms with Crippen LogP contribution in [0.1, 0.15) is 33.1 Å². The minimum absolute atomic E-state index is 0.155. The number of rotatable bonds is 5. The van der Waals surface area contributed by atoms with Crippen LogP contribution in [0.2, 0.25) is 0 Å². The Bertz CT molecular complexity index is 223. The maximum absolute atomic E-state index is 12.0. The van der Waals surface area contributed by atoms with Crippen molar-refractivity contribution in [2.45, 2.75) is 33.1 Å². The molecule has 0 aromatic rings. The Morgan fingerprint density at radius 1 is 1.24 bits per heavy atom. The van der Waals surface area contributed by atoms with Gasteiger partial charge in [0.25, 0.3) is 0 Å². The molecule has 0 bridgehead atoms. The van der Waals surface area contributed by atoms with Crippen LogP contribution in [-0.2, 0) is 4.74 Å². The Labute approximate surface area is 105 Å². The van der Waals surface area contributed by atoms with E-state index in [-0.39, 0.29) is 6.03 Å². The van der Waals surface area contributed by atoms with E-state index in [1.54, 1.807) is 0 Å². The fraction of sp³-hybridized carbons (Fsp3) is 0.923. The molecule has 1 aliphatic rings. The number of nitrogens with zero attached hydrogens (tertiary/aromatic N) is 2. The van der Waals surface area contributed by atoms with Crippen LogP contribution in [0.4, 0.5) is 4.79 Å². The number of carbonyl (C=O) groups is 1. The standard InChI is InChI=1S/C13H26N2O2/c1-4-15(5-2)13(16)14(3)9-6-12-7-10-17-11-8-12/h12H,4-11H2,1-3H3. The van der Waals surface area contributed by atoms with Crippen molar-refractivity contribution in [1.82, 2.24) is 9.80 Å². The summed E-state index contributed by atoms with van der Waals surface area (Å²) in [6.45, 7) is 8.26. The van der Waals surface area contributed by atoms with Crippen molar-refractivity contribution in [3.63, 3.8) is 0 Å². The molecule has 0 spiro atoms. The Morgan fingerprint density at radius 2 is 1.82 bits per heavy atom. The maximum Gasteiger partial charge on any atom is 0.319 e. The zero-order valence-electron chi connectivity index (χ0n) is 11.4. The minimum atomic E-state index is 0.155. The molecule has 2 amide bonds. The molecule has 0 aliphatic carbocycles. The van der Waals surface area contributed by atoms with Crippen LogP contribution in [-0.4, -0.2) is 55.7 Å². The lowest BCUT2D eigenvalue weighted by Gasteiger charge is -2.28. The summed E-state index contributed by atoms with van der Waals surface area (Å²) in [6, 6.07) is 0.155. The monoisotopic (exact) mass is 242 g/mol. The van der Waals surface area contributed by atoms with Crippen LogP contribution in [0, 0.1) is 5.92 Å². The van der Waals surface area contributed by atoms with E-state index in [4.69, 9.17) is 4.74 Å². The first-order chi connectivity index (χ1) is 8.19. The van der Waals surface area contributed by atoms with Crippen molar-refractivity contribution in [3.05, 3.63) is 0 Å². The SMILES string of the molecule is CCN(CC)C(=O)N(C)CCC1CCOCC1. The molecule has 0 radical (unpaired) electrons. The Balaban J connectivity index is 2.27. The normalized spacial score (nSPS) is 16.9. The van der Waals surface area contributed by atoms with E-state index >= 15 is 0 Å². The van der Waals surface area contributed by atoms with E-state index in [0.717, 1.165) is 58.0 Å². The molecule has 0 aromatic heterocycles. The molecule has 0 saturated carbocycles. The van der Waals surface area contributed by atoms with Gasteiger partial charge in [0.2, 0.25) is 0 Å². The van der Waals surface area contributed by atoms with Crippen molar-refractivity contribution >= 4 is 6.03 Å². The van der Waals surface area contributed by atoms with Crippen molar-refractivity contribution < 1.29 is 9.53 Å². The lowest BCUT2D eigenvalue weighted by Crippen LogP contribution is -2.41. The van der Waals surface area contributed by atoms with Gasteiger partial charge in [-0.25, -0.2) is 4.79 Å². The second-order valence-corrected chi connectivity index (χ2v) is 4.72. The van der Waals surface area contributed by atoms with Crippen LogP contribution in [0.3, 0.4) is 0 Å². The quantitative estimate of drug-likeness (QED) is 0.740. The summed E-state index contributed by atoms with van der Waals surface area (Å²) in [6.07, 6.45) is 3.40.